The fraction of sp³-hybridized carbons (Fsp3) is 0.944. The summed E-state index contributed by atoms with van der Waals surface area (Å²) in [6.07, 6.45) is 15.3. The van der Waals surface area contributed by atoms with Crippen LogP contribution in [0.1, 0.15) is 92.4 Å². The molecule has 1 aliphatic carbocycles. The molecule has 0 aromatic carbocycles. The van der Waals surface area contributed by atoms with E-state index < -0.39 is 0 Å². The summed E-state index contributed by atoms with van der Waals surface area (Å²) in [6, 6.07) is 0. The van der Waals surface area contributed by atoms with E-state index in [2.05, 4.69) is 6.92 Å². The summed E-state index contributed by atoms with van der Waals surface area (Å²) in [5, 5.41) is 9.07. The average molecular weight is 289 g/mol. The fourth-order valence-electron chi connectivity index (χ4n) is 2.92. The van der Waals surface area contributed by atoms with Crippen LogP contribution in [0.5, 0.6) is 0 Å². The highest BCUT2D eigenvalue weighted by Crippen LogP contribution is 2.31. The lowest BCUT2D eigenvalue weighted by molar-refractivity contribution is -0.0979. The van der Waals surface area contributed by atoms with Crippen LogP contribution in [0.2, 0.25) is 0 Å². The first-order valence-corrected chi connectivity index (χ1v) is 7.76. The number of hydrogen-bond acceptors (Lipinski definition) is 2. The normalized spacial score (nSPS) is 20.9. The molecule has 20 heavy (non-hydrogen) atoms. The maximum atomic E-state index is 9.07. The van der Waals surface area contributed by atoms with Gasteiger partial charge in [0.15, 0.2) is 0 Å². The lowest BCUT2D eigenvalue weighted by Gasteiger charge is -2.27. The molecule has 2 heteroatoms. The van der Waals surface area contributed by atoms with Gasteiger partial charge in [-0.15, -0.1) is 0 Å². The summed E-state index contributed by atoms with van der Waals surface area (Å²) < 4.78 is 0. The molecule has 1 N–H and O–H groups in total. The molecular weight excluding hydrogens is 248 g/mol. The number of hydrogen-bond donors (Lipinski definition) is 1. The van der Waals surface area contributed by atoms with Gasteiger partial charge in [-0.2, -0.15) is 0 Å². The average Bonchev–Trinajstić information content (AvgIpc) is 2.45. The summed E-state index contributed by atoms with van der Waals surface area (Å²) in [7, 11) is 0. The van der Waals surface area contributed by atoms with E-state index in [0.29, 0.717) is 12.5 Å². The van der Waals surface area contributed by atoms with E-state index in [-0.39, 0.29) is 14.9 Å². The second-order valence-corrected chi connectivity index (χ2v) is 5.63. The topological polar surface area (TPSA) is 37.3 Å². The van der Waals surface area contributed by atoms with E-state index in [4.69, 9.17) is 9.90 Å². The van der Waals surface area contributed by atoms with Gasteiger partial charge in [-0.3, -0.25) is 0 Å². The zero-order valence-corrected chi connectivity index (χ0v) is 12.2. The molecule has 1 aliphatic rings. The summed E-state index contributed by atoms with van der Waals surface area (Å²) in [6.45, 7) is 4.70. The predicted molar refractivity (Wildman–Crippen MR) is 91.1 cm³/mol. The molecule has 0 radical (unpaired) electrons. The molecule has 0 aromatic rings. The van der Waals surface area contributed by atoms with Crippen LogP contribution in [-0.2, 0) is 4.79 Å². The molecule has 0 aliphatic heterocycles. The monoisotopic (exact) mass is 288 g/mol. The highest BCUT2D eigenvalue weighted by molar-refractivity contribution is 5.10. The van der Waals surface area contributed by atoms with E-state index in [1.807, 2.05) is 6.79 Å². The minimum absolute atomic E-state index is 0. The van der Waals surface area contributed by atoms with Crippen LogP contribution in [0.4, 0.5) is 0 Å². The van der Waals surface area contributed by atoms with Crippen LogP contribution < -0.4 is 0 Å². The van der Waals surface area contributed by atoms with Crippen molar-refractivity contribution in [1.29, 1.82) is 0 Å². The quantitative estimate of drug-likeness (QED) is 0.588. The summed E-state index contributed by atoms with van der Waals surface area (Å²) >= 11 is 0. The Balaban J connectivity index is -0.000000689. The standard InChI is InChI=1S/C15H30O.CH2O.2CH4/c1-2-3-4-5-6-7-8-14-9-11-15(13-16)12-10-14;1-2;;/h14-16H,2-13H2,1H3;1H2;2*1H4. The van der Waals surface area contributed by atoms with E-state index in [0.717, 1.165) is 5.92 Å². The van der Waals surface area contributed by atoms with Gasteiger partial charge in [0.1, 0.15) is 6.79 Å². The van der Waals surface area contributed by atoms with E-state index >= 15 is 0 Å². The first-order chi connectivity index (χ1) is 8.86. The van der Waals surface area contributed by atoms with Crippen LogP contribution in [0.3, 0.4) is 0 Å². The molecule has 2 nitrogen and oxygen atoms in total. The van der Waals surface area contributed by atoms with E-state index in [9.17, 15) is 0 Å². The van der Waals surface area contributed by atoms with Gasteiger partial charge in [0, 0.05) is 6.61 Å². The molecule has 1 saturated carbocycles. The molecule has 0 unspecified atom stereocenters. The number of aliphatic hydroxyl groups is 1. The Morgan fingerprint density at radius 2 is 1.30 bits per heavy atom. The van der Waals surface area contributed by atoms with Crippen molar-refractivity contribution in [3.63, 3.8) is 0 Å². The van der Waals surface area contributed by atoms with Gasteiger partial charge >= 0.3 is 0 Å². The number of carbonyl (C=O) groups excluding carboxylic acids is 1. The predicted octanol–water partition coefficient (Wildman–Crippen LogP) is 5.62. The van der Waals surface area contributed by atoms with Crippen molar-refractivity contribution >= 4 is 6.79 Å². The molecule has 1 rings (SSSR count). The maximum absolute atomic E-state index is 9.07. The number of carbonyl (C=O) groups is 1. The minimum atomic E-state index is 0. The van der Waals surface area contributed by atoms with Gasteiger partial charge in [0.2, 0.25) is 0 Å². The Morgan fingerprint density at radius 1 is 0.850 bits per heavy atom. The third kappa shape index (κ3) is 12.7. The van der Waals surface area contributed by atoms with Crippen LogP contribution in [0, 0.1) is 11.8 Å². The van der Waals surface area contributed by atoms with Crippen molar-refractivity contribution in [1.82, 2.24) is 0 Å². The Hall–Kier alpha value is -0.370. The summed E-state index contributed by atoms with van der Waals surface area (Å²) in [5.41, 5.74) is 0. The first kappa shape index (κ1) is 24.6. The molecule has 0 aromatic heterocycles. The SMILES string of the molecule is C.C.C=O.CCCCCCCCC1CCC(CO)CC1. The molecular formula is C18H40O2. The van der Waals surface area contributed by atoms with Gasteiger partial charge in [-0.05, 0) is 24.7 Å². The van der Waals surface area contributed by atoms with Gasteiger partial charge in [-0.1, -0.05) is 79.6 Å². The van der Waals surface area contributed by atoms with Crippen molar-refractivity contribution in [3.05, 3.63) is 0 Å². The lowest BCUT2D eigenvalue weighted by atomic mass is 9.80. The third-order valence-corrected chi connectivity index (χ3v) is 4.19. The Labute approximate surface area is 128 Å². The molecule has 0 amide bonds. The maximum Gasteiger partial charge on any atom is 0.106 e. The molecule has 1 fully saturated rings. The zero-order valence-electron chi connectivity index (χ0n) is 12.2. The lowest BCUT2D eigenvalue weighted by Crippen LogP contribution is -2.17. The first-order valence-electron chi connectivity index (χ1n) is 7.76. The molecule has 124 valence electrons. The van der Waals surface area contributed by atoms with Crippen LogP contribution in [0.15, 0.2) is 0 Å². The van der Waals surface area contributed by atoms with Crippen LogP contribution >= 0.6 is 0 Å². The van der Waals surface area contributed by atoms with Gasteiger partial charge < -0.3 is 9.90 Å². The van der Waals surface area contributed by atoms with Crippen LogP contribution in [0.25, 0.3) is 0 Å². The van der Waals surface area contributed by atoms with Crippen molar-refractivity contribution in [2.45, 2.75) is 92.4 Å². The molecule has 0 atom stereocenters. The van der Waals surface area contributed by atoms with Crippen LogP contribution in [-0.4, -0.2) is 18.5 Å². The van der Waals surface area contributed by atoms with Gasteiger partial charge in [0.05, 0.1) is 0 Å². The zero-order chi connectivity index (χ0) is 13.6. The summed E-state index contributed by atoms with van der Waals surface area (Å²) in [4.78, 5) is 8.00. The number of unbranched alkanes of at least 4 members (excludes halogenated alkanes) is 5. The van der Waals surface area contributed by atoms with Crippen molar-refractivity contribution in [2.75, 3.05) is 6.61 Å². The fourth-order valence-corrected chi connectivity index (χ4v) is 2.92. The smallest absolute Gasteiger partial charge is 0.106 e. The molecule has 0 spiro atoms. The Morgan fingerprint density at radius 3 is 1.80 bits per heavy atom. The Bertz CT molecular complexity index is 163. The molecule has 0 bridgehead atoms. The highest BCUT2D eigenvalue weighted by atomic mass is 16.3. The summed E-state index contributed by atoms with van der Waals surface area (Å²) in [5.74, 6) is 1.61. The van der Waals surface area contributed by atoms with Gasteiger partial charge in [-0.25, -0.2) is 0 Å². The second-order valence-electron chi connectivity index (χ2n) is 5.63. The third-order valence-electron chi connectivity index (χ3n) is 4.19. The largest absolute Gasteiger partial charge is 0.396 e. The van der Waals surface area contributed by atoms with Gasteiger partial charge in [0.25, 0.3) is 0 Å². The number of rotatable bonds is 8. The number of aliphatic hydroxyl groups excluding tert-OH is 1. The second kappa shape index (κ2) is 18.6. The minimum Gasteiger partial charge on any atom is -0.396 e. The molecule has 0 saturated heterocycles. The van der Waals surface area contributed by atoms with E-state index in [1.54, 1.807) is 0 Å². The van der Waals surface area contributed by atoms with Crippen molar-refractivity contribution < 1.29 is 9.90 Å². The van der Waals surface area contributed by atoms with E-state index in [1.165, 1.54) is 70.6 Å². The molecule has 0 heterocycles. The Kier molecular flexibility index (Phi) is 22.9. The van der Waals surface area contributed by atoms with Crippen molar-refractivity contribution in [2.24, 2.45) is 11.8 Å². The van der Waals surface area contributed by atoms with Crippen molar-refractivity contribution in [3.8, 4) is 0 Å². The highest BCUT2D eigenvalue weighted by Gasteiger charge is 2.19.